The zero-order valence-electron chi connectivity index (χ0n) is 14.5. The van der Waals surface area contributed by atoms with Gasteiger partial charge in [0.1, 0.15) is 17.5 Å². The van der Waals surface area contributed by atoms with Crippen LogP contribution >= 0.6 is 15.9 Å². The second kappa shape index (κ2) is 7.20. The van der Waals surface area contributed by atoms with Crippen LogP contribution in [-0.2, 0) is 0 Å². The lowest BCUT2D eigenvalue weighted by Crippen LogP contribution is -2.03. The van der Waals surface area contributed by atoms with E-state index in [0.29, 0.717) is 17.3 Å². The molecule has 0 unspecified atom stereocenters. The number of aryl methyl sites for hydroxylation is 1. The van der Waals surface area contributed by atoms with Crippen molar-refractivity contribution >= 4 is 44.0 Å². The molecule has 2 aromatic carbocycles. The normalized spacial score (nSPS) is 10.7. The van der Waals surface area contributed by atoms with Gasteiger partial charge < -0.3 is 15.8 Å². The largest absolute Gasteiger partial charge is 0.435 e. The Morgan fingerprint density at radius 2 is 1.85 bits per heavy atom. The Hall–Kier alpha value is -3.19. The predicted octanol–water partition coefficient (Wildman–Crippen LogP) is 5.21. The molecule has 0 saturated heterocycles. The highest BCUT2D eigenvalue weighted by Gasteiger charge is 2.13. The number of anilines is 3. The molecule has 0 amide bonds. The first-order chi connectivity index (χ1) is 13.1. The van der Waals surface area contributed by atoms with Crippen molar-refractivity contribution in [3.8, 4) is 11.6 Å². The maximum atomic E-state index is 6.25. The Balaban J connectivity index is 1.70. The Kier molecular flexibility index (Phi) is 4.60. The van der Waals surface area contributed by atoms with E-state index in [1.165, 1.54) is 6.33 Å². The van der Waals surface area contributed by atoms with Gasteiger partial charge in [0, 0.05) is 15.6 Å². The minimum atomic E-state index is 0.273. The third-order valence-corrected chi connectivity index (χ3v) is 4.69. The average Bonchev–Trinajstić information content (AvgIpc) is 2.67. The van der Waals surface area contributed by atoms with E-state index < -0.39 is 0 Å². The van der Waals surface area contributed by atoms with Crippen LogP contribution in [-0.4, -0.2) is 15.0 Å². The summed E-state index contributed by atoms with van der Waals surface area (Å²) < 4.78 is 6.90. The molecule has 0 aliphatic carbocycles. The van der Waals surface area contributed by atoms with Gasteiger partial charge in [-0.3, -0.25) is 0 Å². The highest BCUT2D eigenvalue weighted by atomic mass is 79.9. The first-order valence-corrected chi connectivity index (χ1v) is 9.07. The summed E-state index contributed by atoms with van der Waals surface area (Å²) >= 11 is 3.50. The molecule has 7 heteroatoms. The molecule has 0 fully saturated rings. The van der Waals surface area contributed by atoms with Crippen molar-refractivity contribution in [3.63, 3.8) is 0 Å². The van der Waals surface area contributed by atoms with Gasteiger partial charge in [0.05, 0.1) is 5.69 Å². The zero-order chi connectivity index (χ0) is 18.8. The van der Waals surface area contributed by atoms with Crippen molar-refractivity contribution in [2.75, 3.05) is 11.1 Å². The maximum absolute atomic E-state index is 6.25. The maximum Gasteiger partial charge on any atom is 0.248 e. The standard InChI is InChI=1S/C20H16BrN5O/c1-12-9-10-13-5-4-8-16(18(13)25-12)27-20-17(22)19(23-11-24-20)26-15-7-3-2-6-14(15)21/h2-11H,22H2,1H3,(H,23,24,26). The smallest absolute Gasteiger partial charge is 0.248 e. The summed E-state index contributed by atoms with van der Waals surface area (Å²) in [5.74, 6) is 1.33. The van der Waals surface area contributed by atoms with E-state index in [9.17, 15) is 0 Å². The van der Waals surface area contributed by atoms with E-state index in [1.54, 1.807) is 0 Å². The van der Waals surface area contributed by atoms with Crippen molar-refractivity contribution in [2.45, 2.75) is 6.92 Å². The lowest BCUT2D eigenvalue weighted by molar-refractivity contribution is 0.469. The first-order valence-electron chi connectivity index (χ1n) is 8.28. The van der Waals surface area contributed by atoms with Crippen molar-refractivity contribution in [1.82, 2.24) is 15.0 Å². The number of hydrogen-bond acceptors (Lipinski definition) is 6. The summed E-state index contributed by atoms with van der Waals surface area (Å²) in [6, 6.07) is 17.4. The third-order valence-electron chi connectivity index (χ3n) is 4.00. The van der Waals surface area contributed by atoms with Crippen LogP contribution in [0, 0.1) is 6.92 Å². The molecular formula is C20H16BrN5O. The first kappa shape index (κ1) is 17.2. The zero-order valence-corrected chi connectivity index (χ0v) is 16.1. The molecule has 4 aromatic rings. The van der Waals surface area contributed by atoms with Crippen LogP contribution < -0.4 is 15.8 Å². The highest BCUT2D eigenvalue weighted by Crippen LogP contribution is 2.34. The minimum absolute atomic E-state index is 0.273. The lowest BCUT2D eigenvalue weighted by atomic mass is 10.2. The van der Waals surface area contributed by atoms with E-state index in [4.69, 9.17) is 10.5 Å². The molecule has 3 N–H and O–H groups in total. The van der Waals surface area contributed by atoms with Gasteiger partial charge in [-0.2, -0.15) is 4.98 Å². The lowest BCUT2D eigenvalue weighted by Gasteiger charge is -2.13. The Labute approximate surface area is 164 Å². The number of ether oxygens (including phenoxy) is 1. The Morgan fingerprint density at radius 1 is 1.00 bits per heavy atom. The molecule has 0 bridgehead atoms. The summed E-state index contributed by atoms with van der Waals surface area (Å²) in [7, 11) is 0. The van der Waals surface area contributed by atoms with E-state index in [0.717, 1.165) is 26.8 Å². The van der Waals surface area contributed by atoms with Crippen LogP contribution in [0.1, 0.15) is 5.69 Å². The average molecular weight is 422 g/mol. The van der Waals surface area contributed by atoms with Gasteiger partial charge >= 0.3 is 0 Å². The topological polar surface area (TPSA) is 86.0 Å². The van der Waals surface area contributed by atoms with E-state index in [2.05, 4.69) is 36.2 Å². The van der Waals surface area contributed by atoms with Crippen LogP contribution in [0.4, 0.5) is 17.2 Å². The van der Waals surface area contributed by atoms with Gasteiger partial charge in [-0.05, 0) is 47.1 Å². The van der Waals surface area contributed by atoms with Crippen LogP contribution in [0.2, 0.25) is 0 Å². The van der Waals surface area contributed by atoms with Crippen LogP contribution in [0.25, 0.3) is 10.9 Å². The summed E-state index contributed by atoms with van der Waals surface area (Å²) in [6.45, 7) is 1.94. The van der Waals surface area contributed by atoms with Gasteiger partial charge in [0.2, 0.25) is 5.88 Å². The number of halogens is 1. The summed E-state index contributed by atoms with van der Waals surface area (Å²) in [5.41, 5.74) is 9.08. The molecule has 0 radical (unpaired) electrons. The van der Waals surface area contributed by atoms with Crippen LogP contribution in [0.5, 0.6) is 11.6 Å². The number of nitrogen functional groups attached to an aromatic ring is 1. The van der Waals surface area contributed by atoms with Gasteiger partial charge in [-0.25, -0.2) is 9.97 Å². The van der Waals surface area contributed by atoms with Crippen LogP contribution in [0.15, 0.2) is 65.4 Å². The SMILES string of the molecule is Cc1ccc2cccc(Oc3ncnc(Nc4ccccc4Br)c3N)c2n1. The molecule has 2 aromatic heterocycles. The third kappa shape index (κ3) is 3.54. The number of nitrogens with one attached hydrogen (secondary N) is 1. The number of benzene rings is 2. The number of fused-ring (bicyclic) bond motifs is 1. The second-order valence-electron chi connectivity index (χ2n) is 5.93. The monoisotopic (exact) mass is 421 g/mol. The van der Waals surface area contributed by atoms with E-state index in [-0.39, 0.29) is 5.88 Å². The predicted molar refractivity (Wildman–Crippen MR) is 110 cm³/mol. The highest BCUT2D eigenvalue weighted by molar-refractivity contribution is 9.10. The number of rotatable bonds is 4. The van der Waals surface area contributed by atoms with Gasteiger partial charge in [0.25, 0.3) is 0 Å². The fraction of sp³-hybridized carbons (Fsp3) is 0.0500. The summed E-state index contributed by atoms with van der Waals surface area (Å²) in [6.07, 6.45) is 1.41. The Bertz CT molecular complexity index is 1130. The minimum Gasteiger partial charge on any atom is -0.435 e. The van der Waals surface area contributed by atoms with Crippen LogP contribution in [0.3, 0.4) is 0 Å². The molecule has 0 saturated carbocycles. The van der Waals surface area contributed by atoms with Crippen molar-refractivity contribution in [3.05, 3.63) is 71.1 Å². The molecule has 6 nitrogen and oxygen atoms in total. The number of pyridine rings is 1. The molecule has 2 heterocycles. The van der Waals surface area contributed by atoms with Gasteiger partial charge in [-0.15, -0.1) is 0 Å². The number of hydrogen-bond donors (Lipinski definition) is 2. The number of aromatic nitrogens is 3. The fourth-order valence-electron chi connectivity index (χ4n) is 2.65. The molecule has 27 heavy (non-hydrogen) atoms. The molecule has 4 rings (SSSR count). The van der Waals surface area contributed by atoms with Gasteiger partial charge in [0.15, 0.2) is 11.6 Å². The quantitative estimate of drug-likeness (QED) is 0.469. The molecule has 0 atom stereocenters. The summed E-state index contributed by atoms with van der Waals surface area (Å²) in [5, 5.41) is 4.18. The number of nitrogens with zero attached hydrogens (tertiary/aromatic N) is 3. The van der Waals surface area contributed by atoms with E-state index in [1.807, 2.05) is 61.5 Å². The fourth-order valence-corrected chi connectivity index (χ4v) is 3.04. The molecule has 0 spiro atoms. The number of nitrogens with two attached hydrogens (primary N) is 1. The number of para-hydroxylation sites is 2. The van der Waals surface area contributed by atoms with Crippen molar-refractivity contribution in [1.29, 1.82) is 0 Å². The molecule has 134 valence electrons. The summed E-state index contributed by atoms with van der Waals surface area (Å²) in [4.78, 5) is 13.0. The molecular weight excluding hydrogens is 406 g/mol. The van der Waals surface area contributed by atoms with E-state index >= 15 is 0 Å². The molecule has 0 aliphatic heterocycles. The second-order valence-corrected chi connectivity index (χ2v) is 6.78. The molecule has 0 aliphatic rings. The van der Waals surface area contributed by atoms with Crippen molar-refractivity contribution in [2.24, 2.45) is 0 Å². The van der Waals surface area contributed by atoms with Gasteiger partial charge in [-0.1, -0.05) is 30.3 Å². The Morgan fingerprint density at radius 3 is 2.70 bits per heavy atom. The van der Waals surface area contributed by atoms with Crippen molar-refractivity contribution < 1.29 is 4.74 Å².